The fourth-order valence-corrected chi connectivity index (χ4v) is 5.16. The fourth-order valence-electron chi connectivity index (χ4n) is 2.68. The van der Waals surface area contributed by atoms with E-state index in [-0.39, 0.29) is 0 Å². The Kier molecular flexibility index (Phi) is 5.49. The number of benzene rings is 1. The largest absolute Gasteiger partial charge is 0.431 e. The van der Waals surface area contributed by atoms with Gasteiger partial charge >= 0.3 is 0 Å². The van der Waals surface area contributed by atoms with Crippen LogP contribution in [0.3, 0.4) is 0 Å². The molecule has 0 unspecified atom stereocenters. The molecule has 132 valence electrons. The van der Waals surface area contributed by atoms with Crippen molar-refractivity contribution in [2.45, 2.75) is 29.4 Å². The molecule has 1 fully saturated rings. The van der Waals surface area contributed by atoms with Crippen LogP contribution >= 0.6 is 11.8 Å². The van der Waals surface area contributed by atoms with Gasteiger partial charge in [-0.1, -0.05) is 18.2 Å². The Bertz CT molecular complexity index is 796. The summed E-state index contributed by atoms with van der Waals surface area (Å²) in [7, 11) is 0.602. The van der Waals surface area contributed by atoms with Crippen molar-refractivity contribution in [2.75, 3.05) is 39.5 Å². The molecule has 1 aromatic carbocycles. The molecule has 2 heterocycles. The third kappa shape index (κ3) is 3.93. The standard InChI is InChI=1S/C16H23N3O3S2/c1-18(2)10-11-23-16-17-14-12-13(6-7-15(14)22-16)24(20,21)19-8-4-3-5-9-19/h6-7,12H,3-5,8-11H2,1-2H3. The first-order chi connectivity index (χ1) is 11.5. The molecular weight excluding hydrogens is 346 g/mol. The fraction of sp³-hybridized carbons (Fsp3) is 0.562. The maximum absolute atomic E-state index is 12.7. The summed E-state index contributed by atoms with van der Waals surface area (Å²) in [6, 6.07) is 4.94. The maximum atomic E-state index is 12.7. The third-order valence-electron chi connectivity index (χ3n) is 4.06. The second kappa shape index (κ2) is 7.43. The first-order valence-electron chi connectivity index (χ1n) is 8.15. The second-order valence-corrected chi connectivity index (χ2v) is 9.21. The van der Waals surface area contributed by atoms with Crippen LogP contribution in [0.1, 0.15) is 19.3 Å². The van der Waals surface area contributed by atoms with E-state index in [4.69, 9.17) is 4.42 Å². The van der Waals surface area contributed by atoms with E-state index in [0.29, 0.717) is 34.3 Å². The van der Waals surface area contributed by atoms with Crippen LogP contribution in [0.25, 0.3) is 11.1 Å². The zero-order valence-corrected chi connectivity index (χ0v) is 15.7. The number of rotatable bonds is 6. The van der Waals surface area contributed by atoms with Crippen molar-refractivity contribution in [1.82, 2.24) is 14.2 Å². The Hall–Kier alpha value is -1.09. The zero-order valence-electron chi connectivity index (χ0n) is 14.1. The zero-order chi connectivity index (χ0) is 17.2. The van der Waals surface area contributed by atoms with Crippen LogP contribution in [0.5, 0.6) is 0 Å². The third-order valence-corrected chi connectivity index (χ3v) is 6.76. The van der Waals surface area contributed by atoms with Crippen molar-refractivity contribution >= 4 is 32.9 Å². The molecule has 24 heavy (non-hydrogen) atoms. The molecule has 0 N–H and O–H groups in total. The quantitative estimate of drug-likeness (QED) is 0.729. The van der Waals surface area contributed by atoms with Gasteiger partial charge in [-0.25, -0.2) is 13.4 Å². The highest BCUT2D eigenvalue weighted by Gasteiger charge is 2.26. The van der Waals surface area contributed by atoms with Crippen LogP contribution in [-0.2, 0) is 10.0 Å². The molecule has 0 amide bonds. The van der Waals surface area contributed by atoms with Crippen molar-refractivity contribution in [1.29, 1.82) is 0 Å². The lowest BCUT2D eigenvalue weighted by atomic mass is 10.2. The summed E-state index contributed by atoms with van der Waals surface area (Å²) in [5, 5.41) is 0.583. The maximum Gasteiger partial charge on any atom is 0.256 e. The summed E-state index contributed by atoms with van der Waals surface area (Å²) in [6.07, 6.45) is 2.96. The number of hydrogen-bond acceptors (Lipinski definition) is 6. The van der Waals surface area contributed by atoms with Crippen LogP contribution < -0.4 is 0 Å². The Morgan fingerprint density at radius 2 is 2.00 bits per heavy atom. The molecule has 0 bridgehead atoms. The van der Waals surface area contributed by atoms with Crippen molar-refractivity contribution in [2.24, 2.45) is 0 Å². The molecule has 0 atom stereocenters. The van der Waals surface area contributed by atoms with Gasteiger partial charge in [0.15, 0.2) is 5.58 Å². The summed E-state index contributed by atoms with van der Waals surface area (Å²) in [5.74, 6) is 0.874. The molecule has 0 spiro atoms. The van der Waals surface area contributed by atoms with Crippen molar-refractivity contribution in [3.05, 3.63) is 18.2 Å². The monoisotopic (exact) mass is 369 g/mol. The molecule has 3 rings (SSSR count). The summed E-state index contributed by atoms with van der Waals surface area (Å²) in [5.41, 5.74) is 1.22. The predicted molar refractivity (Wildman–Crippen MR) is 95.9 cm³/mol. The molecule has 1 aliphatic rings. The SMILES string of the molecule is CN(C)CCSc1nc2cc(S(=O)(=O)N3CCCCC3)ccc2o1. The molecular formula is C16H23N3O3S2. The van der Waals surface area contributed by atoms with Gasteiger partial charge in [-0.05, 0) is 45.1 Å². The molecule has 0 radical (unpaired) electrons. The summed E-state index contributed by atoms with van der Waals surface area (Å²) < 4.78 is 32.7. The Morgan fingerprint density at radius 3 is 2.71 bits per heavy atom. The second-order valence-electron chi connectivity index (χ2n) is 6.23. The van der Waals surface area contributed by atoms with Crippen LogP contribution in [0.2, 0.25) is 0 Å². The first-order valence-corrected chi connectivity index (χ1v) is 10.6. The highest BCUT2D eigenvalue weighted by atomic mass is 32.2. The van der Waals surface area contributed by atoms with E-state index in [2.05, 4.69) is 9.88 Å². The lowest BCUT2D eigenvalue weighted by molar-refractivity contribution is 0.346. The van der Waals surface area contributed by atoms with Gasteiger partial charge in [0.05, 0.1) is 4.90 Å². The van der Waals surface area contributed by atoms with Crippen molar-refractivity contribution in [3.8, 4) is 0 Å². The lowest BCUT2D eigenvalue weighted by Crippen LogP contribution is -2.35. The number of nitrogens with zero attached hydrogens (tertiary/aromatic N) is 3. The minimum absolute atomic E-state index is 0.301. The Morgan fingerprint density at radius 1 is 1.25 bits per heavy atom. The van der Waals surface area contributed by atoms with Crippen LogP contribution in [-0.4, -0.2) is 62.1 Å². The number of hydrogen-bond donors (Lipinski definition) is 0. The topological polar surface area (TPSA) is 66.7 Å². The predicted octanol–water partition coefficient (Wildman–Crippen LogP) is 2.66. The average Bonchev–Trinajstić information content (AvgIpc) is 2.97. The number of sulfonamides is 1. The number of thioether (sulfide) groups is 1. The van der Waals surface area contributed by atoms with E-state index < -0.39 is 10.0 Å². The van der Waals surface area contributed by atoms with Crippen molar-refractivity contribution < 1.29 is 12.8 Å². The van der Waals surface area contributed by atoms with Gasteiger partial charge in [-0.15, -0.1) is 0 Å². The van der Waals surface area contributed by atoms with E-state index in [1.807, 2.05) is 14.1 Å². The Labute approximate surface area is 147 Å². The van der Waals surface area contributed by atoms with Crippen molar-refractivity contribution in [3.63, 3.8) is 0 Å². The number of aromatic nitrogens is 1. The first kappa shape index (κ1) is 17.7. The lowest BCUT2D eigenvalue weighted by Gasteiger charge is -2.25. The van der Waals surface area contributed by atoms with Gasteiger partial charge in [0.1, 0.15) is 5.52 Å². The molecule has 2 aromatic rings. The van der Waals surface area contributed by atoms with E-state index in [0.717, 1.165) is 31.6 Å². The van der Waals surface area contributed by atoms with E-state index >= 15 is 0 Å². The summed E-state index contributed by atoms with van der Waals surface area (Å²) in [6.45, 7) is 2.13. The van der Waals surface area contributed by atoms with E-state index in [9.17, 15) is 8.42 Å². The number of oxazole rings is 1. The smallest absolute Gasteiger partial charge is 0.256 e. The van der Waals surface area contributed by atoms with Crippen LogP contribution in [0, 0.1) is 0 Å². The molecule has 8 heteroatoms. The van der Waals surface area contributed by atoms with Crippen LogP contribution in [0.4, 0.5) is 0 Å². The minimum Gasteiger partial charge on any atom is -0.431 e. The van der Waals surface area contributed by atoms with Crippen LogP contribution in [0.15, 0.2) is 32.7 Å². The molecule has 6 nitrogen and oxygen atoms in total. The minimum atomic E-state index is -3.43. The summed E-state index contributed by atoms with van der Waals surface area (Å²) >= 11 is 1.54. The number of fused-ring (bicyclic) bond motifs is 1. The molecule has 1 aliphatic heterocycles. The highest BCUT2D eigenvalue weighted by Crippen LogP contribution is 2.27. The normalized spacial score (nSPS) is 17.0. The molecule has 1 saturated heterocycles. The average molecular weight is 370 g/mol. The van der Waals surface area contributed by atoms with Gasteiger partial charge in [0.25, 0.3) is 5.22 Å². The van der Waals surface area contributed by atoms with E-state index in [1.54, 1.807) is 22.5 Å². The van der Waals surface area contributed by atoms with Gasteiger partial charge in [-0.2, -0.15) is 4.31 Å². The summed E-state index contributed by atoms with van der Waals surface area (Å²) in [4.78, 5) is 6.82. The van der Waals surface area contributed by atoms with Gasteiger partial charge < -0.3 is 9.32 Å². The van der Waals surface area contributed by atoms with E-state index in [1.165, 1.54) is 11.8 Å². The van der Waals surface area contributed by atoms with Gasteiger partial charge in [0.2, 0.25) is 10.0 Å². The molecule has 0 aliphatic carbocycles. The Balaban J connectivity index is 1.80. The molecule has 0 saturated carbocycles. The molecule has 1 aromatic heterocycles. The van der Waals surface area contributed by atoms with Gasteiger partial charge in [0, 0.05) is 25.4 Å². The van der Waals surface area contributed by atoms with Gasteiger partial charge in [-0.3, -0.25) is 0 Å². The highest BCUT2D eigenvalue weighted by molar-refractivity contribution is 7.99. The number of piperidine rings is 1.